The summed E-state index contributed by atoms with van der Waals surface area (Å²) in [6.07, 6.45) is 2.00. The van der Waals surface area contributed by atoms with Gasteiger partial charge in [-0.3, -0.25) is 10.1 Å². The number of nitro groups is 1. The Morgan fingerprint density at radius 2 is 1.95 bits per heavy atom. The first-order valence-electron chi connectivity index (χ1n) is 5.91. The van der Waals surface area contributed by atoms with E-state index in [0.29, 0.717) is 6.54 Å². The Morgan fingerprint density at radius 3 is 2.50 bits per heavy atom. The van der Waals surface area contributed by atoms with Crippen molar-refractivity contribution in [1.82, 2.24) is 0 Å². The molecular weight excluding hydrogens is 279 g/mol. The lowest BCUT2D eigenvalue weighted by Crippen LogP contribution is -2.02. The molecule has 2 aromatic rings. The number of halogens is 1. The van der Waals surface area contributed by atoms with Gasteiger partial charge in [-0.1, -0.05) is 12.1 Å². The number of rotatable bonds is 5. The second-order valence-corrected chi connectivity index (χ2v) is 5.00. The summed E-state index contributed by atoms with van der Waals surface area (Å²) in [5.74, 6) is -0.625. The van der Waals surface area contributed by atoms with Crippen LogP contribution in [0.3, 0.4) is 0 Å². The molecule has 0 fully saturated rings. The maximum absolute atomic E-state index is 13.7. The molecule has 0 radical (unpaired) electrons. The third-order valence-corrected chi connectivity index (χ3v) is 3.55. The van der Waals surface area contributed by atoms with Crippen molar-refractivity contribution in [2.24, 2.45) is 0 Å². The van der Waals surface area contributed by atoms with E-state index in [9.17, 15) is 14.5 Å². The van der Waals surface area contributed by atoms with E-state index >= 15 is 0 Å². The van der Waals surface area contributed by atoms with Gasteiger partial charge in [-0.2, -0.15) is 0 Å². The third kappa shape index (κ3) is 3.48. The molecule has 2 aromatic carbocycles. The van der Waals surface area contributed by atoms with E-state index in [2.05, 4.69) is 5.32 Å². The van der Waals surface area contributed by atoms with Crippen LogP contribution in [0.5, 0.6) is 0 Å². The number of nitrogens with one attached hydrogen (secondary N) is 1. The molecule has 104 valence electrons. The smallest absolute Gasteiger partial charge is 0.272 e. The van der Waals surface area contributed by atoms with E-state index in [0.717, 1.165) is 16.5 Å². The van der Waals surface area contributed by atoms with Gasteiger partial charge in [0.05, 0.1) is 16.7 Å². The van der Waals surface area contributed by atoms with Crippen molar-refractivity contribution in [1.29, 1.82) is 0 Å². The Morgan fingerprint density at radius 1 is 1.25 bits per heavy atom. The van der Waals surface area contributed by atoms with Crippen LogP contribution in [0.2, 0.25) is 0 Å². The third-order valence-electron chi connectivity index (χ3n) is 2.81. The standard InChI is InChI=1S/C14H13FN2O2S/c1-20-12-5-2-10(3-6-12)9-16-14-7-4-11(17(18)19)8-13(14)15/h2-8,16H,9H2,1H3. The summed E-state index contributed by atoms with van der Waals surface area (Å²) in [4.78, 5) is 11.1. The molecule has 0 aliphatic heterocycles. The number of hydrogen-bond donors (Lipinski definition) is 1. The number of anilines is 1. The second kappa shape index (κ2) is 6.38. The topological polar surface area (TPSA) is 55.2 Å². The van der Waals surface area contributed by atoms with E-state index < -0.39 is 10.7 Å². The summed E-state index contributed by atoms with van der Waals surface area (Å²) >= 11 is 1.65. The highest BCUT2D eigenvalue weighted by Crippen LogP contribution is 2.21. The number of hydrogen-bond acceptors (Lipinski definition) is 4. The maximum atomic E-state index is 13.7. The Labute approximate surface area is 120 Å². The largest absolute Gasteiger partial charge is 0.379 e. The molecule has 0 aliphatic rings. The van der Waals surface area contributed by atoms with E-state index in [4.69, 9.17) is 0 Å². The van der Waals surface area contributed by atoms with Gasteiger partial charge >= 0.3 is 0 Å². The van der Waals surface area contributed by atoms with Gasteiger partial charge in [0, 0.05) is 17.5 Å². The number of nitro benzene ring substituents is 1. The summed E-state index contributed by atoms with van der Waals surface area (Å²) in [5.41, 5.74) is 1.02. The number of benzene rings is 2. The average molecular weight is 292 g/mol. The highest BCUT2D eigenvalue weighted by Gasteiger charge is 2.10. The molecule has 0 aromatic heterocycles. The van der Waals surface area contributed by atoms with E-state index in [1.54, 1.807) is 11.8 Å². The summed E-state index contributed by atoms with van der Waals surface area (Å²) in [5, 5.41) is 13.4. The van der Waals surface area contributed by atoms with Crippen molar-refractivity contribution >= 4 is 23.1 Å². The van der Waals surface area contributed by atoms with Crippen molar-refractivity contribution in [2.75, 3.05) is 11.6 Å². The van der Waals surface area contributed by atoms with Crippen molar-refractivity contribution < 1.29 is 9.31 Å². The van der Waals surface area contributed by atoms with Crippen molar-refractivity contribution in [3.05, 3.63) is 64.0 Å². The monoisotopic (exact) mass is 292 g/mol. The molecule has 0 amide bonds. The molecule has 0 bridgehead atoms. The number of thioether (sulfide) groups is 1. The van der Waals surface area contributed by atoms with Crippen LogP contribution in [0.1, 0.15) is 5.56 Å². The summed E-state index contributed by atoms with van der Waals surface area (Å²) in [6, 6.07) is 11.5. The van der Waals surface area contributed by atoms with Crippen LogP contribution in [-0.4, -0.2) is 11.2 Å². The Bertz CT molecular complexity index is 617. The molecular formula is C14H13FN2O2S. The summed E-state index contributed by atoms with van der Waals surface area (Å²) in [6.45, 7) is 0.462. The predicted octanol–water partition coefficient (Wildman–Crippen LogP) is 4.07. The molecule has 0 saturated carbocycles. The van der Waals surface area contributed by atoms with Gasteiger partial charge in [0.15, 0.2) is 5.82 Å². The van der Waals surface area contributed by atoms with Gasteiger partial charge in [0.25, 0.3) is 5.69 Å². The number of non-ortho nitro benzene ring substituents is 1. The van der Waals surface area contributed by atoms with E-state index in [1.807, 2.05) is 30.5 Å². The molecule has 2 rings (SSSR count). The minimum Gasteiger partial charge on any atom is -0.379 e. The van der Waals surface area contributed by atoms with Crippen molar-refractivity contribution in [2.45, 2.75) is 11.4 Å². The Kier molecular flexibility index (Phi) is 4.57. The minimum absolute atomic E-state index is 0.252. The van der Waals surface area contributed by atoms with Crippen LogP contribution in [0, 0.1) is 15.9 Å². The lowest BCUT2D eigenvalue weighted by atomic mass is 10.2. The molecule has 0 atom stereocenters. The molecule has 6 heteroatoms. The van der Waals surface area contributed by atoms with Crippen LogP contribution >= 0.6 is 11.8 Å². The summed E-state index contributed by atoms with van der Waals surface area (Å²) < 4.78 is 13.7. The molecule has 20 heavy (non-hydrogen) atoms. The number of nitrogens with zero attached hydrogens (tertiary/aromatic N) is 1. The van der Waals surface area contributed by atoms with Gasteiger partial charge in [-0.25, -0.2) is 4.39 Å². The second-order valence-electron chi connectivity index (χ2n) is 4.12. The lowest BCUT2D eigenvalue weighted by Gasteiger charge is -2.08. The SMILES string of the molecule is CSc1ccc(CNc2ccc([N+](=O)[O-])cc2F)cc1. The van der Waals surface area contributed by atoms with Crippen LogP contribution in [0.25, 0.3) is 0 Å². The fourth-order valence-electron chi connectivity index (χ4n) is 1.70. The van der Waals surface area contributed by atoms with Gasteiger partial charge in [-0.15, -0.1) is 11.8 Å². The van der Waals surface area contributed by atoms with Crippen molar-refractivity contribution in [3.63, 3.8) is 0 Å². The minimum atomic E-state index is -0.625. The fourth-order valence-corrected chi connectivity index (χ4v) is 2.11. The lowest BCUT2D eigenvalue weighted by molar-refractivity contribution is -0.385. The van der Waals surface area contributed by atoms with Crippen LogP contribution < -0.4 is 5.32 Å². The first-order chi connectivity index (χ1) is 9.60. The van der Waals surface area contributed by atoms with Gasteiger partial charge < -0.3 is 5.32 Å². The molecule has 0 aliphatic carbocycles. The van der Waals surface area contributed by atoms with Gasteiger partial charge in [-0.05, 0) is 30.0 Å². The Hall–Kier alpha value is -2.08. The molecule has 0 spiro atoms. The van der Waals surface area contributed by atoms with Gasteiger partial charge in [0.2, 0.25) is 0 Å². The summed E-state index contributed by atoms with van der Waals surface area (Å²) in [7, 11) is 0. The maximum Gasteiger partial charge on any atom is 0.272 e. The fraction of sp³-hybridized carbons (Fsp3) is 0.143. The van der Waals surface area contributed by atoms with Crippen LogP contribution in [0.4, 0.5) is 15.8 Å². The zero-order valence-corrected chi connectivity index (χ0v) is 11.6. The zero-order valence-electron chi connectivity index (χ0n) is 10.8. The zero-order chi connectivity index (χ0) is 14.5. The van der Waals surface area contributed by atoms with E-state index in [-0.39, 0.29) is 11.4 Å². The first-order valence-corrected chi connectivity index (χ1v) is 7.13. The highest BCUT2D eigenvalue weighted by molar-refractivity contribution is 7.98. The molecule has 4 nitrogen and oxygen atoms in total. The molecule has 1 N–H and O–H groups in total. The Balaban J connectivity index is 2.04. The van der Waals surface area contributed by atoms with Crippen LogP contribution in [0.15, 0.2) is 47.4 Å². The first kappa shape index (κ1) is 14.3. The average Bonchev–Trinajstić information content (AvgIpc) is 2.46. The normalized spacial score (nSPS) is 10.3. The highest BCUT2D eigenvalue weighted by atomic mass is 32.2. The van der Waals surface area contributed by atoms with Crippen LogP contribution in [-0.2, 0) is 6.54 Å². The molecule has 0 heterocycles. The van der Waals surface area contributed by atoms with Gasteiger partial charge in [0.1, 0.15) is 0 Å². The molecule has 0 saturated heterocycles. The quantitative estimate of drug-likeness (QED) is 0.513. The predicted molar refractivity (Wildman–Crippen MR) is 78.6 cm³/mol. The van der Waals surface area contributed by atoms with E-state index in [1.165, 1.54) is 12.1 Å². The molecule has 0 unspecified atom stereocenters. The van der Waals surface area contributed by atoms with Crippen molar-refractivity contribution in [3.8, 4) is 0 Å².